The molecule has 1 amide bonds. The molecule has 0 aliphatic heterocycles. The Balaban J connectivity index is 2.48. The van der Waals surface area contributed by atoms with Gasteiger partial charge >= 0.3 is 5.97 Å². The average Bonchev–Trinajstić information content (AvgIpc) is 2.78. The van der Waals surface area contributed by atoms with Gasteiger partial charge in [-0.2, -0.15) is 0 Å². The van der Waals surface area contributed by atoms with Gasteiger partial charge in [0.05, 0.1) is 12.2 Å². The van der Waals surface area contributed by atoms with Crippen LogP contribution in [0.3, 0.4) is 0 Å². The molecule has 10 nitrogen and oxygen atoms in total. The maximum absolute atomic E-state index is 13.1. The van der Waals surface area contributed by atoms with Gasteiger partial charge in [0, 0.05) is 12.6 Å². The van der Waals surface area contributed by atoms with Crippen molar-refractivity contribution in [3.05, 3.63) is 64.6 Å². The molecule has 0 aliphatic rings. The number of Topliss-reactive ketones (excluding diaryl/α,β-unsaturated/α-hetero) is 1. The first-order chi connectivity index (χ1) is 15.6. The number of hydrogen-bond donors (Lipinski definition) is 3. The summed E-state index contributed by atoms with van der Waals surface area (Å²) in [6.07, 6.45) is 0.389. The molecule has 2 aromatic rings. The predicted octanol–water partition coefficient (Wildman–Crippen LogP) is 0.892. The minimum Gasteiger partial charge on any atom is -0.481 e. The van der Waals surface area contributed by atoms with Crippen molar-refractivity contribution in [2.24, 2.45) is 0 Å². The Morgan fingerprint density at radius 1 is 1.12 bits per heavy atom. The van der Waals surface area contributed by atoms with Gasteiger partial charge in [-0.25, -0.2) is 12.8 Å². The molecule has 33 heavy (non-hydrogen) atoms. The lowest BCUT2D eigenvalue weighted by atomic mass is 10.0. The van der Waals surface area contributed by atoms with E-state index in [9.17, 15) is 32.0 Å². The second-order valence-corrected chi connectivity index (χ2v) is 9.12. The molecule has 0 aliphatic carbocycles. The molecule has 0 fully saturated rings. The summed E-state index contributed by atoms with van der Waals surface area (Å²) in [6, 6.07) is 8.23. The van der Waals surface area contributed by atoms with Crippen molar-refractivity contribution in [3.8, 4) is 0 Å². The molecule has 3 N–H and O–H groups in total. The molecule has 0 saturated heterocycles. The van der Waals surface area contributed by atoms with Gasteiger partial charge in [-0.3, -0.25) is 23.9 Å². The van der Waals surface area contributed by atoms with Crippen LogP contribution in [0, 0.1) is 0 Å². The molecular weight excluding hydrogens is 457 g/mol. The van der Waals surface area contributed by atoms with E-state index in [1.807, 2.05) is 0 Å². The number of nitrogens with one attached hydrogen (secondary N) is 2. The molecule has 2 atom stereocenters. The lowest BCUT2D eigenvalue weighted by Gasteiger charge is -2.23. The highest BCUT2D eigenvalue weighted by Gasteiger charge is 2.29. The standard InChI is InChI=1S/C21H24FN3O7S/c1-2-33(31,32)24-15-9-6-10-25(21(15)30)17(11-14-7-4-3-5-8-14)20(29)23-16(12-19(27)28)18(26)13-22/h3-10,16-17,24H,2,11-13H2,1H3,(H,23,29)(H,27,28). The predicted molar refractivity (Wildman–Crippen MR) is 118 cm³/mol. The van der Waals surface area contributed by atoms with Crippen LogP contribution in [0.2, 0.25) is 0 Å². The van der Waals surface area contributed by atoms with Crippen molar-refractivity contribution in [2.75, 3.05) is 17.1 Å². The van der Waals surface area contributed by atoms with E-state index in [0.29, 0.717) is 5.56 Å². The minimum absolute atomic E-state index is 0.0415. The second kappa shape index (κ2) is 11.4. The minimum atomic E-state index is -3.78. The number of carbonyl (C=O) groups excluding carboxylic acids is 2. The molecule has 12 heteroatoms. The maximum atomic E-state index is 13.1. The molecule has 0 radical (unpaired) electrons. The molecule has 0 saturated carbocycles. The van der Waals surface area contributed by atoms with Gasteiger partial charge in [0.1, 0.15) is 24.4 Å². The maximum Gasteiger partial charge on any atom is 0.305 e. The first kappa shape index (κ1) is 25.7. The largest absolute Gasteiger partial charge is 0.481 e. The first-order valence-corrected chi connectivity index (χ1v) is 11.6. The fourth-order valence-electron chi connectivity index (χ4n) is 3.01. The Bertz CT molecular complexity index is 1170. The van der Waals surface area contributed by atoms with Crippen molar-refractivity contribution in [2.45, 2.75) is 31.8 Å². The molecule has 1 aromatic heterocycles. The van der Waals surface area contributed by atoms with Crippen molar-refractivity contribution in [1.29, 1.82) is 0 Å². The Labute approximate surface area is 189 Å². The zero-order valence-electron chi connectivity index (χ0n) is 17.7. The summed E-state index contributed by atoms with van der Waals surface area (Å²) in [6.45, 7) is -0.0876. The summed E-state index contributed by atoms with van der Waals surface area (Å²) in [7, 11) is -3.78. The van der Waals surface area contributed by atoms with Gasteiger partial charge in [0.15, 0.2) is 5.78 Å². The number of aliphatic carboxylic acids is 1. The quantitative estimate of drug-likeness (QED) is 0.407. The van der Waals surface area contributed by atoms with E-state index in [4.69, 9.17) is 5.11 Å². The summed E-state index contributed by atoms with van der Waals surface area (Å²) in [5.41, 5.74) is -0.472. The number of halogens is 1. The van der Waals surface area contributed by atoms with Crippen LogP contribution in [0.25, 0.3) is 0 Å². The number of nitrogens with zero attached hydrogens (tertiary/aromatic N) is 1. The third-order valence-electron chi connectivity index (χ3n) is 4.75. The number of carboxylic acids is 1. The number of anilines is 1. The molecule has 2 rings (SSSR count). The SMILES string of the molecule is CCS(=O)(=O)Nc1cccn(C(Cc2ccccc2)C(=O)NC(CC(=O)O)C(=O)CF)c1=O. The summed E-state index contributed by atoms with van der Waals surface area (Å²) >= 11 is 0. The molecule has 1 heterocycles. The number of carboxylic acid groups (broad SMARTS) is 1. The van der Waals surface area contributed by atoms with E-state index in [-0.39, 0.29) is 17.9 Å². The van der Waals surface area contributed by atoms with Gasteiger partial charge in [-0.05, 0) is 24.6 Å². The van der Waals surface area contributed by atoms with Crippen LogP contribution in [0.1, 0.15) is 24.9 Å². The second-order valence-electron chi connectivity index (χ2n) is 7.10. The lowest BCUT2D eigenvalue weighted by molar-refractivity contribution is -0.140. The Kier molecular flexibility index (Phi) is 8.85. The van der Waals surface area contributed by atoms with Crippen LogP contribution < -0.4 is 15.6 Å². The van der Waals surface area contributed by atoms with Crippen LogP contribution in [0.5, 0.6) is 0 Å². The molecular formula is C21H24FN3O7S. The molecule has 0 bridgehead atoms. The van der Waals surface area contributed by atoms with Crippen LogP contribution >= 0.6 is 0 Å². The van der Waals surface area contributed by atoms with E-state index in [2.05, 4.69) is 10.0 Å². The van der Waals surface area contributed by atoms with Crippen LogP contribution in [0.15, 0.2) is 53.5 Å². The monoisotopic (exact) mass is 481 g/mol. The molecule has 0 spiro atoms. The Morgan fingerprint density at radius 2 is 1.79 bits per heavy atom. The van der Waals surface area contributed by atoms with Gasteiger partial charge in [0.25, 0.3) is 5.56 Å². The fourth-order valence-corrected chi connectivity index (χ4v) is 3.64. The number of alkyl halides is 1. The summed E-state index contributed by atoms with van der Waals surface area (Å²) in [4.78, 5) is 48.9. The van der Waals surface area contributed by atoms with E-state index in [0.717, 1.165) is 4.57 Å². The number of amides is 1. The van der Waals surface area contributed by atoms with Gasteiger partial charge in [-0.15, -0.1) is 0 Å². The Hall–Kier alpha value is -3.54. The fraction of sp³-hybridized carbons (Fsp3) is 0.333. The van der Waals surface area contributed by atoms with Crippen LogP contribution in [0.4, 0.5) is 10.1 Å². The van der Waals surface area contributed by atoms with E-state index < -0.39 is 58.4 Å². The topological polar surface area (TPSA) is 152 Å². The average molecular weight is 482 g/mol. The zero-order valence-corrected chi connectivity index (χ0v) is 18.5. The first-order valence-electron chi connectivity index (χ1n) is 9.94. The highest BCUT2D eigenvalue weighted by atomic mass is 32.2. The third kappa shape index (κ3) is 7.24. The normalized spacial score (nSPS) is 13.0. The van der Waals surface area contributed by atoms with Crippen molar-refractivity contribution in [3.63, 3.8) is 0 Å². The zero-order chi connectivity index (χ0) is 24.6. The Morgan fingerprint density at radius 3 is 2.36 bits per heavy atom. The number of carbonyl (C=O) groups is 3. The smallest absolute Gasteiger partial charge is 0.305 e. The van der Waals surface area contributed by atoms with Crippen molar-refractivity contribution in [1.82, 2.24) is 9.88 Å². The van der Waals surface area contributed by atoms with Crippen molar-refractivity contribution >= 4 is 33.4 Å². The summed E-state index contributed by atoms with van der Waals surface area (Å²) in [5.74, 6) is -3.72. The number of aromatic nitrogens is 1. The number of pyridine rings is 1. The summed E-state index contributed by atoms with van der Waals surface area (Å²) < 4.78 is 39.9. The van der Waals surface area contributed by atoms with Gasteiger partial charge in [0.2, 0.25) is 15.9 Å². The van der Waals surface area contributed by atoms with Gasteiger partial charge < -0.3 is 15.0 Å². The number of benzene rings is 1. The number of sulfonamides is 1. The molecule has 2 unspecified atom stereocenters. The third-order valence-corrected chi connectivity index (χ3v) is 6.04. The highest BCUT2D eigenvalue weighted by Crippen LogP contribution is 2.16. The van der Waals surface area contributed by atoms with E-state index in [1.54, 1.807) is 30.3 Å². The van der Waals surface area contributed by atoms with Crippen LogP contribution in [-0.2, 0) is 30.8 Å². The number of ketones is 1. The number of hydrogen-bond acceptors (Lipinski definition) is 6. The lowest BCUT2D eigenvalue weighted by Crippen LogP contribution is -2.47. The van der Waals surface area contributed by atoms with Crippen molar-refractivity contribution < 1.29 is 32.3 Å². The molecule has 178 valence electrons. The number of rotatable bonds is 12. The molecule has 1 aromatic carbocycles. The van der Waals surface area contributed by atoms with E-state index in [1.165, 1.54) is 25.3 Å². The van der Waals surface area contributed by atoms with E-state index >= 15 is 0 Å². The van der Waals surface area contributed by atoms with Crippen LogP contribution in [-0.4, -0.2) is 54.2 Å². The van der Waals surface area contributed by atoms with Gasteiger partial charge in [-0.1, -0.05) is 30.3 Å². The highest BCUT2D eigenvalue weighted by molar-refractivity contribution is 7.92. The summed E-state index contributed by atoms with van der Waals surface area (Å²) in [5, 5.41) is 11.2.